The third-order valence-corrected chi connectivity index (χ3v) is 4.71. The van der Waals surface area contributed by atoms with Crippen LogP contribution in [0, 0.1) is 5.82 Å². The summed E-state index contributed by atoms with van der Waals surface area (Å²) < 4.78 is 19.2. The molecule has 1 aromatic carbocycles. The number of esters is 1. The fraction of sp³-hybridized carbons (Fsp3) is 0.467. The van der Waals surface area contributed by atoms with Crippen LogP contribution in [0.3, 0.4) is 0 Å². The summed E-state index contributed by atoms with van der Waals surface area (Å²) in [5.41, 5.74) is 0.535. The molecule has 112 valence electrons. The molecule has 3 rings (SSSR count). The second-order valence-electron chi connectivity index (χ2n) is 5.38. The van der Waals surface area contributed by atoms with Crippen LogP contribution in [0.1, 0.15) is 38.4 Å². The molecule has 0 spiro atoms. The van der Waals surface area contributed by atoms with Gasteiger partial charge in [0, 0.05) is 6.07 Å². The normalized spacial score (nSPS) is 17.3. The van der Waals surface area contributed by atoms with Gasteiger partial charge in [0.05, 0.1) is 22.1 Å². The first-order valence-electron chi connectivity index (χ1n) is 7.09. The zero-order valence-electron chi connectivity index (χ0n) is 11.7. The molecule has 1 heterocycles. The van der Waals surface area contributed by atoms with E-state index in [2.05, 4.69) is 25.9 Å². The monoisotopic (exact) mass is 354 g/mol. The molecule has 0 amide bonds. The summed E-state index contributed by atoms with van der Waals surface area (Å²) in [5.74, 6) is 0.00125. The Labute approximate surface area is 130 Å². The predicted molar refractivity (Wildman–Crippen MR) is 80.5 cm³/mol. The van der Waals surface area contributed by atoms with E-state index in [1.807, 2.05) is 0 Å². The SMILES string of the molecule is CCOC(=O)C1(c2nc3cc(Br)c(F)cc3[nH]2)CCCC1. The van der Waals surface area contributed by atoms with E-state index in [4.69, 9.17) is 4.74 Å². The highest BCUT2D eigenvalue weighted by Crippen LogP contribution is 2.41. The Balaban J connectivity index is 2.10. The Morgan fingerprint density at radius 3 is 2.86 bits per heavy atom. The average molecular weight is 355 g/mol. The van der Waals surface area contributed by atoms with Crippen LogP contribution in [-0.2, 0) is 14.9 Å². The highest BCUT2D eigenvalue weighted by atomic mass is 79.9. The average Bonchev–Trinajstić information content (AvgIpc) is 3.07. The third kappa shape index (κ3) is 2.35. The van der Waals surface area contributed by atoms with E-state index in [-0.39, 0.29) is 11.8 Å². The summed E-state index contributed by atoms with van der Waals surface area (Å²) in [7, 11) is 0. The maximum absolute atomic E-state index is 13.6. The smallest absolute Gasteiger partial charge is 0.319 e. The first-order valence-corrected chi connectivity index (χ1v) is 7.88. The van der Waals surface area contributed by atoms with Crippen LogP contribution in [0.15, 0.2) is 16.6 Å². The van der Waals surface area contributed by atoms with Gasteiger partial charge in [0.25, 0.3) is 0 Å². The lowest BCUT2D eigenvalue weighted by Gasteiger charge is -2.23. The van der Waals surface area contributed by atoms with E-state index < -0.39 is 5.41 Å². The summed E-state index contributed by atoms with van der Waals surface area (Å²) >= 11 is 3.16. The summed E-state index contributed by atoms with van der Waals surface area (Å²) in [6, 6.07) is 3.02. The number of carbonyl (C=O) groups excluding carboxylic acids is 1. The summed E-state index contributed by atoms with van der Waals surface area (Å²) in [6.07, 6.45) is 3.37. The molecule has 1 aromatic heterocycles. The maximum atomic E-state index is 13.6. The lowest BCUT2D eigenvalue weighted by molar-refractivity contribution is -0.150. The first kappa shape index (κ1) is 14.5. The molecule has 0 saturated heterocycles. The number of H-pyrrole nitrogens is 1. The van der Waals surface area contributed by atoms with E-state index in [1.165, 1.54) is 6.07 Å². The van der Waals surface area contributed by atoms with Gasteiger partial charge in [-0.2, -0.15) is 0 Å². The molecule has 4 nitrogen and oxygen atoms in total. The van der Waals surface area contributed by atoms with Crippen LogP contribution in [0.4, 0.5) is 4.39 Å². The Hall–Kier alpha value is -1.43. The van der Waals surface area contributed by atoms with E-state index >= 15 is 0 Å². The van der Waals surface area contributed by atoms with Crippen LogP contribution in [0.25, 0.3) is 11.0 Å². The largest absolute Gasteiger partial charge is 0.465 e. The number of halogens is 2. The Kier molecular flexibility index (Phi) is 3.73. The Bertz CT molecular complexity index is 653. The number of aromatic amines is 1. The molecule has 21 heavy (non-hydrogen) atoms. The van der Waals surface area contributed by atoms with Gasteiger partial charge in [-0.15, -0.1) is 0 Å². The molecule has 2 aromatic rings. The molecular weight excluding hydrogens is 339 g/mol. The number of ether oxygens (including phenoxy) is 1. The second kappa shape index (κ2) is 5.40. The van der Waals surface area contributed by atoms with Crippen molar-refractivity contribution in [2.24, 2.45) is 0 Å². The van der Waals surface area contributed by atoms with Crippen molar-refractivity contribution >= 4 is 32.9 Å². The maximum Gasteiger partial charge on any atom is 0.319 e. The van der Waals surface area contributed by atoms with Gasteiger partial charge < -0.3 is 9.72 Å². The number of aromatic nitrogens is 2. The van der Waals surface area contributed by atoms with Crippen molar-refractivity contribution in [3.8, 4) is 0 Å². The molecule has 0 bridgehead atoms. The van der Waals surface area contributed by atoms with Gasteiger partial charge in [-0.05, 0) is 41.8 Å². The topological polar surface area (TPSA) is 55.0 Å². The highest BCUT2D eigenvalue weighted by molar-refractivity contribution is 9.10. The molecule has 0 radical (unpaired) electrons. The van der Waals surface area contributed by atoms with Crippen LogP contribution >= 0.6 is 15.9 Å². The molecule has 6 heteroatoms. The minimum absolute atomic E-state index is 0.235. The minimum Gasteiger partial charge on any atom is -0.465 e. The van der Waals surface area contributed by atoms with Crippen LogP contribution < -0.4 is 0 Å². The molecule has 1 aliphatic carbocycles. The number of hydrogen-bond acceptors (Lipinski definition) is 3. The van der Waals surface area contributed by atoms with Gasteiger partial charge in [-0.1, -0.05) is 12.8 Å². The van der Waals surface area contributed by atoms with Gasteiger partial charge >= 0.3 is 5.97 Å². The summed E-state index contributed by atoms with van der Waals surface area (Å²) in [4.78, 5) is 20.0. The van der Waals surface area contributed by atoms with Gasteiger partial charge in [0.1, 0.15) is 17.1 Å². The number of benzene rings is 1. The summed E-state index contributed by atoms with van der Waals surface area (Å²) in [6.45, 7) is 2.15. The highest BCUT2D eigenvalue weighted by Gasteiger charge is 2.46. The lowest BCUT2D eigenvalue weighted by atomic mass is 9.85. The number of fused-ring (bicyclic) bond motifs is 1. The second-order valence-corrected chi connectivity index (χ2v) is 6.23. The molecule has 0 aliphatic heterocycles. The van der Waals surface area contributed by atoms with Crippen LogP contribution in [0.5, 0.6) is 0 Å². The molecule has 0 atom stereocenters. The van der Waals surface area contributed by atoms with Crippen LogP contribution in [-0.4, -0.2) is 22.5 Å². The van der Waals surface area contributed by atoms with Gasteiger partial charge in [-0.3, -0.25) is 4.79 Å². The van der Waals surface area contributed by atoms with Crippen molar-refractivity contribution in [2.75, 3.05) is 6.61 Å². The number of hydrogen-bond donors (Lipinski definition) is 1. The van der Waals surface area contributed by atoms with Crippen molar-refractivity contribution in [3.05, 3.63) is 28.2 Å². The molecule has 1 fully saturated rings. The molecule has 1 N–H and O–H groups in total. The standard InChI is InChI=1S/C15H16BrFN2O2/c1-2-21-14(20)15(5-3-4-6-15)13-18-11-7-9(16)10(17)8-12(11)19-13/h7-8H,2-6H2,1H3,(H,18,19). The lowest BCUT2D eigenvalue weighted by Crippen LogP contribution is -2.35. The van der Waals surface area contributed by atoms with Crippen molar-refractivity contribution in [3.63, 3.8) is 0 Å². The Morgan fingerprint density at radius 2 is 2.19 bits per heavy atom. The zero-order valence-corrected chi connectivity index (χ0v) is 13.3. The first-order chi connectivity index (χ1) is 10.1. The van der Waals surface area contributed by atoms with E-state index in [1.54, 1.807) is 13.0 Å². The molecule has 1 aliphatic rings. The molecule has 1 saturated carbocycles. The van der Waals surface area contributed by atoms with Crippen LogP contribution in [0.2, 0.25) is 0 Å². The van der Waals surface area contributed by atoms with Gasteiger partial charge in [-0.25, -0.2) is 9.37 Å². The summed E-state index contributed by atoms with van der Waals surface area (Å²) in [5, 5.41) is 0. The molecular formula is C15H16BrFN2O2. The number of carbonyl (C=O) groups is 1. The van der Waals surface area contributed by atoms with E-state index in [0.717, 1.165) is 25.7 Å². The number of rotatable bonds is 3. The fourth-order valence-electron chi connectivity index (χ4n) is 3.02. The fourth-order valence-corrected chi connectivity index (χ4v) is 3.35. The third-order valence-electron chi connectivity index (χ3n) is 4.10. The van der Waals surface area contributed by atoms with Crippen molar-refractivity contribution in [2.45, 2.75) is 38.0 Å². The zero-order chi connectivity index (χ0) is 15.0. The van der Waals surface area contributed by atoms with Crippen molar-refractivity contribution in [1.29, 1.82) is 0 Å². The number of nitrogens with one attached hydrogen (secondary N) is 1. The predicted octanol–water partition coefficient (Wildman–Crippen LogP) is 3.84. The number of imidazole rings is 1. The Morgan fingerprint density at radius 1 is 1.48 bits per heavy atom. The van der Waals surface area contributed by atoms with Gasteiger partial charge in [0.15, 0.2) is 0 Å². The van der Waals surface area contributed by atoms with E-state index in [0.29, 0.717) is 27.9 Å². The van der Waals surface area contributed by atoms with E-state index in [9.17, 15) is 9.18 Å². The van der Waals surface area contributed by atoms with Crippen molar-refractivity contribution < 1.29 is 13.9 Å². The number of nitrogens with zero attached hydrogens (tertiary/aromatic N) is 1. The minimum atomic E-state index is -0.710. The van der Waals surface area contributed by atoms with Gasteiger partial charge in [0.2, 0.25) is 0 Å². The quantitative estimate of drug-likeness (QED) is 0.852. The van der Waals surface area contributed by atoms with Crippen molar-refractivity contribution in [1.82, 2.24) is 9.97 Å². The molecule has 0 unspecified atom stereocenters.